The molecule has 132 valence electrons. The fraction of sp³-hybridized carbons (Fsp3) is 0.278. The number of nitrogens with one attached hydrogen (secondary N) is 1. The summed E-state index contributed by atoms with van der Waals surface area (Å²) in [6.45, 7) is 5.36. The van der Waals surface area contributed by atoms with Gasteiger partial charge in [0, 0.05) is 31.9 Å². The summed E-state index contributed by atoms with van der Waals surface area (Å²) >= 11 is 24.0. The number of anilines is 2. The number of thiocarbonyl (C=S) groups is 1. The number of hydrogen-bond acceptors (Lipinski definition) is 2. The zero-order valence-corrected chi connectivity index (χ0v) is 16.8. The molecule has 0 spiro atoms. The molecule has 1 saturated heterocycles. The Balaban J connectivity index is 1.60. The molecule has 1 fully saturated rings. The molecule has 0 aromatic heterocycles. The number of piperazine rings is 1. The molecular weight excluding hydrogens is 397 g/mol. The zero-order chi connectivity index (χ0) is 18.0. The second-order valence-electron chi connectivity index (χ2n) is 5.94. The largest absolute Gasteiger partial charge is 0.368 e. The summed E-state index contributed by atoms with van der Waals surface area (Å²) in [5.74, 6) is 0. The first-order valence-electron chi connectivity index (χ1n) is 7.97. The summed E-state index contributed by atoms with van der Waals surface area (Å²) in [6, 6.07) is 11.6. The van der Waals surface area contributed by atoms with Crippen LogP contribution < -0.4 is 10.2 Å². The van der Waals surface area contributed by atoms with Crippen molar-refractivity contribution in [3.63, 3.8) is 0 Å². The van der Waals surface area contributed by atoms with E-state index < -0.39 is 0 Å². The Hall–Kier alpha value is -1.20. The highest BCUT2D eigenvalue weighted by Crippen LogP contribution is 2.28. The lowest BCUT2D eigenvalue weighted by molar-refractivity contribution is 0.391. The second-order valence-corrected chi connectivity index (χ2v) is 7.52. The summed E-state index contributed by atoms with van der Waals surface area (Å²) in [5, 5.41) is 5.81. The monoisotopic (exact) mass is 413 g/mol. The Kier molecular flexibility index (Phi) is 5.95. The summed E-state index contributed by atoms with van der Waals surface area (Å²) in [7, 11) is 0. The Labute approximate surface area is 168 Å². The number of aryl methyl sites for hydroxylation is 1. The number of benzene rings is 2. The van der Waals surface area contributed by atoms with Crippen LogP contribution in [0.2, 0.25) is 15.1 Å². The van der Waals surface area contributed by atoms with E-state index in [0.29, 0.717) is 20.2 Å². The molecule has 0 unspecified atom stereocenters. The maximum Gasteiger partial charge on any atom is 0.173 e. The van der Waals surface area contributed by atoms with E-state index in [4.69, 9.17) is 47.0 Å². The highest BCUT2D eigenvalue weighted by molar-refractivity contribution is 7.80. The smallest absolute Gasteiger partial charge is 0.173 e. The Morgan fingerprint density at radius 1 is 1.00 bits per heavy atom. The average molecular weight is 415 g/mol. The van der Waals surface area contributed by atoms with Gasteiger partial charge >= 0.3 is 0 Å². The fourth-order valence-electron chi connectivity index (χ4n) is 2.79. The van der Waals surface area contributed by atoms with Crippen molar-refractivity contribution in [3.05, 3.63) is 57.0 Å². The highest BCUT2D eigenvalue weighted by Gasteiger charge is 2.20. The van der Waals surface area contributed by atoms with Crippen molar-refractivity contribution in [2.24, 2.45) is 0 Å². The van der Waals surface area contributed by atoms with E-state index in [2.05, 4.69) is 15.1 Å². The molecule has 0 saturated carbocycles. The van der Waals surface area contributed by atoms with E-state index in [1.807, 2.05) is 43.3 Å². The number of hydrogen-bond donors (Lipinski definition) is 1. The zero-order valence-electron chi connectivity index (χ0n) is 13.7. The van der Waals surface area contributed by atoms with Gasteiger partial charge in [-0.1, -0.05) is 46.9 Å². The number of rotatable bonds is 2. The van der Waals surface area contributed by atoms with Crippen LogP contribution in [-0.4, -0.2) is 36.2 Å². The number of nitrogens with zero attached hydrogens (tertiary/aromatic N) is 2. The molecule has 1 heterocycles. The predicted octanol–water partition coefficient (Wildman–Crippen LogP) is 5.47. The van der Waals surface area contributed by atoms with Crippen molar-refractivity contribution < 1.29 is 0 Å². The van der Waals surface area contributed by atoms with E-state index in [9.17, 15) is 0 Å². The molecule has 7 heteroatoms. The van der Waals surface area contributed by atoms with Gasteiger partial charge in [-0.05, 0) is 49.0 Å². The molecule has 0 aliphatic carbocycles. The topological polar surface area (TPSA) is 18.5 Å². The predicted molar refractivity (Wildman–Crippen MR) is 113 cm³/mol. The normalized spacial score (nSPS) is 14.6. The maximum atomic E-state index is 6.33. The first-order valence-corrected chi connectivity index (χ1v) is 9.51. The fourth-order valence-corrected chi connectivity index (χ4v) is 3.55. The van der Waals surface area contributed by atoms with Crippen LogP contribution in [0.15, 0.2) is 36.4 Å². The van der Waals surface area contributed by atoms with E-state index in [0.717, 1.165) is 43.1 Å². The summed E-state index contributed by atoms with van der Waals surface area (Å²) in [4.78, 5) is 4.43. The SMILES string of the molecule is Cc1cccc(NC(=S)N2CCN(c3ccc(Cl)c(Cl)c3)CC2)c1Cl. The van der Waals surface area contributed by atoms with Gasteiger partial charge in [-0.3, -0.25) is 0 Å². The molecule has 2 aromatic carbocycles. The molecule has 0 radical (unpaired) electrons. The third kappa shape index (κ3) is 4.32. The molecular formula is C18H18Cl3N3S. The van der Waals surface area contributed by atoms with Crippen LogP contribution >= 0.6 is 47.0 Å². The standard InChI is InChI=1S/C18H18Cl3N3S/c1-12-3-2-4-16(17(12)21)22-18(25)24-9-7-23(8-10-24)13-5-6-14(19)15(20)11-13/h2-6,11H,7-10H2,1H3,(H,22,25). The second kappa shape index (κ2) is 8.00. The lowest BCUT2D eigenvalue weighted by atomic mass is 10.2. The molecule has 1 N–H and O–H groups in total. The van der Waals surface area contributed by atoms with E-state index in [1.54, 1.807) is 0 Å². The summed E-state index contributed by atoms with van der Waals surface area (Å²) in [6.07, 6.45) is 0. The maximum absolute atomic E-state index is 6.33. The molecule has 0 atom stereocenters. The average Bonchev–Trinajstić information content (AvgIpc) is 2.61. The molecule has 1 aliphatic heterocycles. The summed E-state index contributed by atoms with van der Waals surface area (Å²) in [5.41, 5.74) is 2.95. The van der Waals surface area contributed by atoms with Crippen LogP contribution in [0, 0.1) is 6.92 Å². The van der Waals surface area contributed by atoms with Crippen LogP contribution in [0.25, 0.3) is 0 Å². The van der Waals surface area contributed by atoms with Crippen LogP contribution in [0.4, 0.5) is 11.4 Å². The van der Waals surface area contributed by atoms with E-state index in [1.165, 1.54) is 0 Å². The first kappa shape index (κ1) is 18.6. The minimum absolute atomic E-state index is 0.574. The molecule has 2 aromatic rings. The van der Waals surface area contributed by atoms with Gasteiger partial charge in [0.2, 0.25) is 0 Å². The van der Waals surface area contributed by atoms with Gasteiger partial charge in [-0.25, -0.2) is 0 Å². The third-order valence-electron chi connectivity index (χ3n) is 4.27. The molecule has 1 aliphatic rings. The van der Waals surface area contributed by atoms with E-state index in [-0.39, 0.29) is 0 Å². The Bertz CT molecular complexity index is 789. The van der Waals surface area contributed by atoms with Crippen molar-refractivity contribution in [1.29, 1.82) is 0 Å². The summed E-state index contributed by atoms with van der Waals surface area (Å²) < 4.78 is 0. The van der Waals surface area contributed by atoms with Gasteiger partial charge in [0.25, 0.3) is 0 Å². The van der Waals surface area contributed by atoms with Crippen LogP contribution in [-0.2, 0) is 0 Å². The van der Waals surface area contributed by atoms with Crippen molar-refractivity contribution in [3.8, 4) is 0 Å². The molecule has 3 rings (SSSR count). The van der Waals surface area contributed by atoms with Crippen molar-refractivity contribution in [1.82, 2.24) is 4.90 Å². The van der Waals surface area contributed by atoms with Crippen molar-refractivity contribution in [2.45, 2.75) is 6.92 Å². The Morgan fingerprint density at radius 2 is 1.72 bits per heavy atom. The third-order valence-corrected chi connectivity index (χ3v) is 5.87. The van der Waals surface area contributed by atoms with Gasteiger partial charge in [0.1, 0.15) is 0 Å². The minimum atomic E-state index is 0.574. The van der Waals surface area contributed by atoms with Gasteiger partial charge in [0.15, 0.2) is 5.11 Å². The molecule has 0 bridgehead atoms. The van der Waals surface area contributed by atoms with Crippen molar-refractivity contribution in [2.75, 3.05) is 36.4 Å². The molecule has 25 heavy (non-hydrogen) atoms. The number of halogens is 3. The van der Waals surface area contributed by atoms with Gasteiger partial charge in [-0.15, -0.1) is 0 Å². The van der Waals surface area contributed by atoms with Gasteiger partial charge in [0.05, 0.1) is 20.8 Å². The minimum Gasteiger partial charge on any atom is -0.368 e. The van der Waals surface area contributed by atoms with Gasteiger partial charge < -0.3 is 15.1 Å². The lowest BCUT2D eigenvalue weighted by Crippen LogP contribution is -2.50. The first-order chi connectivity index (χ1) is 12.0. The van der Waals surface area contributed by atoms with Crippen LogP contribution in [0.1, 0.15) is 5.56 Å². The van der Waals surface area contributed by atoms with Gasteiger partial charge in [-0.2, -0.15) is 0 Å². The lowest BCUT2D eigenvalue weighted by Gasteiger charge is -2.37. The molecule has 0 amide bonds. The quantitative estimate of drug-likeness (QED) is 0.656. The van der Waals surface area contributed by atoms with Crippen LogP contribution in [0.5, 0.6) is 0 Å². The Morgan fingerprint density at radius 3 is 2.40 bits per heavy atom. The van der Waals surface area contributed by atoms with Crippen molar-refractivity contribution >= 4 is 63.5 Å². The van der Waals surface area contributed by atoms with Crippen LogP contribution in [0.3, 0.4) is 0 Å². The van der Waals surface area contributed by atoms with E-state index >= 15 is 0 Å². The highest BCUT2D eigenvalue weighted by atomic mass is 35.5. The molecule has 3 nitrogen and oxygen atoms in total.